The van der Waals surface area contributed by atoms with E-state index in [9.17, 15) is 13.6 Å². The summed E-state index contributed by atoms with van der Waals surface area (Å²) in [6.07, 6.45) is 0. The van der Waals surface area contributed by atoms with Gasteiger partial charge in [0.15, 0.2) is 11.6 Å². The van der Waals surface area contributed by atoms with Crippen LogP contribution in [0, 0.1) is 11.6 Å². The Kier molecular flexibility index (Phi) is 3.39. The summed E-state index contributed by atoms with van der Waals surface area (Å²) in [7, 11) is 1.37. The third-order valence-corrected chi connectivity index (χ3v) is 2.21. The first-order valence-electron chi connectivity index (χ1n) is 4.69. The van der Waals surface area contributed by atoms with Crippen LogP contribution in [-0.2, 0) is 0 Å². The van der Waals surface area contributed by atoms with Crippen LogP contribution in [0.15, 0.2) is 12.1 Å². The third-order valence-electron chi connectivity index (χ3n) is 2.21. The second kappa shape index (κ2) is 4.38. The largest absolute Gasteiger partial charge is 0.355 e. The number of hydrogen-bond acceptors (Lipinski definition) is 1. The molecule has 0 aliphatic rings. The van der Waals surface area contributed by atoms with Gasteiger partial charge in [-0.3, -0.25) is 4.79 Å². The smallest absolute Gasteiger partial charge is 0.254 e. The fraction of sp³-hybridized carbons (Fsp3) is 0.364. The number of rotatable bonds is 2. The Morgan fingerprint density at radius 2 is 1.87 bits per heavy atom. The number of carbonyl (C=O) groups is 1. The molecule has 4 heteroatoms. The van der Waals surface area contributed by atoms with Gasteiger partial charge in [0.05, 0.1) is 5.56 Å². The zero-order valence-corrected chi connectivity index (χ0v) is 8.90. The normalized spacial score (nSPS) is 10.5. The van der Waals surface area contributed by atoms with Crippen LogP contribution in [0.4, 0.5) is 8.78 Å². The van der Waals surface area contributed by atoms with Crippen LogP contribution >= 0.6 is 0 Å². The van der Waals surface area contributed by atoms with Crippen molar-refractivity contribution >= 4 is 5.91 Å². The molecule has 0 aliphatic carbocycles. The lowest BCUT2D eigenvalue weighted by molar-refractivity contribution is 0.0958. The van der Waals surface area contributed by atoms with E-state index in [0.29, 0.717) is 0 Å². The summed E-state index contributed by atoms with van der Waals surface area (Å²) in [5.74, 6) is -2.76. The van der Waals surface area contributed by atoms with Crippen molar-refractivity contribution in [1.82, 2.24) is 5.32 Å². The van der Waals surface area contributed by atoms with Gasteiger partial charge in [-0.25, -0.2) is 8.78 Å². The first-order chi connectivity index (χ1) is 6.99. The van der Waals surface area contributed by atoms with E-state index in [1.807, 2.05) is 0 Å². The molecule has 2 nitrogen and oxygen atoms in total. The highest BCUT2D eigenvalue weighted by Gasteiger charge is 2.18. The second-order valence-electron chi connectivity index (χ2n) is 3.56. The van der Waals surface area contributed by atoms with E-state index in [2.05, 4.69) is 5.32 Å². The summed E-state index contributed by atoms with van der Waals surface area (Å²) in [6, 6.07) is 2.74. The van der Waals surface area contributed by atoms with Crippen LogP contribution in [-0.4, -0.2) is 13.0 Å². The maximum Gasteiger partial charge on any atom is 0.254 e. The molecule has 82 valence electrons. The van der Waals surface area contributed by atoms with Crippen LogP contribution < -0.4 is 5.32 Å². The Morgan fingerprint density at radius 3 is 2.33 bits per heavy atom. The van der Waals surface area contributed by atoms with E-state index >= 15 is 0 Å². The first kappa shape index (κ1) is 11.6. The zero-order chi connectivity index (χ0) is 11.6. The Labute approximate surface area is 87.3 Å². The van der Waals surface area contributed by atoms with E-state index < -0.39 is 17.5 Å². The highest BCUT2D eigenvalue weighted by atomic mass is 19.2. The van der Waals surface area contributed by atoms with Crippen LogP contribution in [0.25, 0.3) is 0 Å². The summed E-state index contributed by atoms with van der Waals surface area (Å²) in [5.41, 5.74) is 0.0135. The van der Waals surface area contributed by atoms with E-state index in [0.717, 1.165) is 0 Å². The summed E-state index contributed by atoms with van der Waals surface area (Å²) >= 11 is 0. The van der Waals surface area contributed by atoms with E-state index in [1.54, 1.807) is 13.8 Å². The van der Waals surface area contributed by atoms with Crippen molar-refractivity contribution in [2.24, 2.45) is 0 Å². The van der Waals surface area contributed by atoms with Gasteiger partial charge < -0.3 is 5.32 Å². The van der Waals surface area contributed by atoms with Gasteiger partial charge in [0.1, 0.15) is 0 Å². The lowest BCUT2D eigenvalue weighted by Crippen LogP contribution is -2.20. The number of hydrogen-bond donors (Lipinski definition) is 1. The first-order valence-corrected chi connectivity index (χ1v) is 4.69. The maximum atomic E-state index is 13.5. The molecule has 0 fully saturated rings. The summed E-state index contributed by atoms with van der Waals surface area (Å²) in [6.45, 7) is 3.52. The predicted molar refractivity (Wildman–Crippen MR) is 53.8 cm³/mol. The minimum atomic E-state index is -1.08. The van der Waals surface area contributed by atoms with Crippen molar-refractivity contribution in [3.63, 3.8) is 0 Å². The number of nitrogens with one attached hydrogen (secondary N) is 1. The fourth-order valence-corrected chi connectivity index (χ4v) is 1.32. The van der Waals surface area contributed by atoms with Crippen molar-refractivity contribution in [2.75, 3.05) is 7.05 Å². The number of amides is 1. The zero-order valence-electron chi connectivity index (χ0n) is 8.90. The lowest BCUT2D eigenvalue weighted by atomic mass is 10.00. The van der Waals surface area contributed by atoms with Gasteiger partial charge in [-0.15, -0.1) is 0 Å². The average molecular weight is 213 g/mol. The topological polar surface area (TPSA) is 29.1 Å². The monoisotopic (exact) mass is 213 g/mol. The highest BCUT2D eigenvalue weighted by molar-refractivity contribution is 5.94. The maximum absolute atomic E-state index is 13.5. The van der Waals surface area contributed by atoms with Gasteiger partial charge in [-0.05, 0) is 17.5 Å². The minimum Gasteiger partial charge on any atom is -0.355 e. The molecule has 0 aromatic heterocycles. The van der Waals surface area contributed by atoms with Crippen LogP contribution in [0.3, 0.4) is 0 Å². The Hall–Kier alpha value is -1.45. The lowest BCUT2D eigenvalue weighted by Gasteiger charge is -2.09. The minimum absolute atomic E-state index is 0.113. The quantitative estimate of drug-likeness (QED) is 0.803. The molecule has 0 atom stereocenters. The van der Waals surface area contributed by atoms with Gasteiger partial charge in [-0.2, -0.15) is 0 Å². The molecule has 1 N–H and O–H groups in total. The Morgan fingerprint density at radius 1 is 1.27 bits per heavy atom. The molecule has 0 bridgehead atoms. The van der Waals surface area contributed by atoms with Gasteiger partial charge in [0.25, 0.3) is 5.91 Å². The number of carbonyl (C=O) groups excluding carboxylic acids is 1. The van der Waals surface area contributed by atoms with Crippen molar-refractivity contribution in [3.8, 4) is 0 Å². The summed E-state index contributed by atoms with van der Waals surface area (Å²) in [5, 5.41) is 2.25. The SMILES string of the molecule is CNC(=O)c1ccc(C(C)C)c(F)c1F. The number of benzene rings is 1. The number of halogens is 2. The fourth-order valence-electron chi connectivity index (χ4n) is 1.32. The Balaban J connectivity index is 3.27. The average Bonchev–Trinajstić information content (AvgIpc) is 2.20. The van der Waals surface area contributed by atoms with Crippen LogP contribution in [0.1, 0.15) is 35.7 Å². The molecule has 0 radical (unpaired) electrons. The molecule has 1 aromatic carbocycles. The third kappa shape index (κ3) is 2.14. The van der Waals surface area contributed by atoms with Crippen molar-refractivity contribution in [3.05, 3.63) is 34.9 Å². The summed E-state index contributed by atoms with van der Waals surface area (Å²) in [4.78, 5) is 11.1. The molecule has 15 heavy (non-hydrogen) atoms. The van der Waals surface area contributed by atoms with Gasteiger partial charge in [0.2, 0.25) is 0 Å². The molecule has 1 aromatic rings. The van der Waals surface area contributed by atoms with Gasteiger partial charge in [0, 0.05) is 7.05 Å². The molecule has 1 rings (SSSR count). The Bertz CT molecular complexity index is 388. The summed E-state index contributed by atoms with van der Waals surface area (Å²) < 4.78 is 26.9. The van der Waals surface area contributed by atoms with E-state index in [-0.39, 0.29) is 17.0 Å². The predicted octanol–water partition coefficient (Wildman–Crippen LogP) is 2.45. The molecule has 0 heterocycles. The molecule has 0 saturated carbocycles. The molecule has 0 saturated heterocycles. The standard InChI is InChI=1S/C11H13F2NO/c1-6(2)7-4-5-8(11(15)14-3)10(13)9(7)12/h4-6H,1-3H3,(H,14,15). The molecule has 0 aliphatic heterocycles. The van der Waals surface area contributed by atoms with Crippen molar-refractivity contribution in [2.45, 2.75) is 19.8 Å². The molecule has 0 spiro atoms. The van der Waals surface area contributed by atoms with Crippen LogP contribution in [0.5, 0.6) is 0 Å². The van der Waals surface area contributed by atoms with Crippen LogP contribution in [0.2, 0.25) is 0 Å². The second-order valence-corrected chi connectivity index (χ2v) is 3.56. The molecular formula is C11H13F2NO. The molecule has 0 unspecified atom stereocenters. The van der Waals surface area contributed by atoms with Gasteiger partial charge in [-0.1, -0.05) is 19.9 Å². The molecule has 1 amide bonds. The highest BCUT2D eigenvalue weighted by Crippen LogP contribution is 2.22. The van der Waals surface area contributed by atoms with E-state index in [1.165, 1.54) is 19.2 Å². The van der Waals surface area contributed by atoms with Crippen molar-refractivity contribution < 1.29 is 13.6 Å². The van der Waals surface area contributed by atoms with E-state index in [4.69, 9.17) is 0 Å². The molecular weight excluding hydrogens is 200 g/mol. The van der Waals surface area contributed by atoms with Crippen molar-refractivity contribution in [1.29, 1.82) is 0 Å². The van der Waals surface area contributed by atoms with Gasteiger partial charge >= 0.3 is 0 Å².